The van der Waals surface area contributed by atoms with Crippen molar-refractivity contribution in [3.63, 3.8) is 0 Å². The first kappa shape index (κ1) is 16.0. The van der Waals surface area contributed by atoms with Crippen LogP contribution < -0.4 is 15.4 Å². The van der Waals surface area contributed by atoms with Crippen LogP contribution in [0.4, 0.5) is 17.5 Å². The van der Waals surface area contributed by atoms with Crippen molar-refractivity contribution in [3.8, 4) is 5.75 Å². The number of anilines is 3. The van der Waals surface area contributed by atoms with Gasteiger partial charge in [0.15, 0.2) is 0 Å². The molecule has 118 valence electrons. The molecular weight excluding hydrogens is 280 g/mol. The van der Waals surface area contributed by atoms with E-state index in [1.165, 1.54) is 0 Å². The summed E-state index contributed by atoms with van der Waals surface area (Å²) in [6.45, 7) is 5.36. The van der Waals surface area contributed by atoms with Crippen LogP contribution in [-0.2, 0) is 0 Å². The van der Waals surface area contributed by atoms with Crippen molar-refractivity contribution >= 4 is 17.5 Å². The van der Waals surface area contributed by atoms with Gasteiger partial charge >= 0.3 is 0 Å². The molecule has 6 heteroatoms. The van der Waals surface area contributed by atoms with Gasteiger partial charge in [-0.3, -0.25) is 0 Å². The standard InChI is InChI=1S/C16H22N4O2/c1-11(16(2,3)21)18-15-17-10-9-14(20-15)19-12-5-7-13(22-4)8-6-12/h5-11,21H,1-4H3,(H2,17,18,19,20)/t11-/m0/s1. The first-order chi connectivity index (χ1) is 10.4. The predicted octanol–water partition coefficient (Wildman–Crippen LogP) is 2.80. The zero-order valence-corrected chi connectivity index (χ0v) is 13.3. The summed E-state index contributed by atoms with van der Waals surface area (Å²) in [5, 5.41) is 16.2. The number of nitrogens with one attached hydrogen (secondary N) is 2. The highest BCUT2D eigenvalue weighted by Gasteiger charge is 2.22. The Morgan fingerprint density at radius 3 is 2.45 bits per heavy atom. The van der Waals surface area contributed by atoms with Crippen LogP contribution in [0.3, 0.4) is 0 Å². The molecule has 1 heterocycles. The van der Waals surface area contributed by atoms with Crippen LogP contribution in [0.2, 0.25) is 0 Å². The average molecular weight is 302 g/mol. The predicted molar refractivity (Wildman–Crippen MR) is 87.7 cm³/mol. The molecule has 0 saturated carbocycles. The third-order valence-corrected chi connectivity index (χ3v) is 3.42. The fourth-order valence-electron chi connectivity index (χ4n) is 1.69. The van der Waals surface area contributed by atoms with Gasteiger partial charge in [-0.2, -0.15) is 4.98 Å². The molecule has 0 aliphatic rings. The number of aromatic nitrogens is 2. The molecule has 0 aliphatic carbocycles. The Kier molecular flexibility index (Phi) is 4.82. The van der Waals surface area contributed by atoms with Gasteiger partial charge in [0.1, 0.15) is 11.6 Å². The van der Waals surface area contributed by atoms with Crippen LogP contribution in [0.5, 0.6) is 5.75 Å². The smallest absolute Gasteiger partial charge is 0.224 e. The molecule has 6 nitrogen and oxygen atoms in total. The first-order valence-electron chi connectivity index (χ1n) is 7.11. The topological polar surface area (TPSA) is 79.3 Å². The molecule has 0 spiro atoms. The van der Waals surface area contributed by atoms with E-state index < -0.39 is 5.60 Å². The maximum absolute atomic E-state index is 9.96. The number of rotatable bonds is 6. The SMILES string of the molecule is COc1ccc(Nc2ccnc(N[C@@H](C)C(C)(C)O)n2)cc1. The maximum atomic E-state index is 9.96. The lowest BCUT2D eigenvalue weighted by atomic mass is 10.0. The Morgan fingerprint density at radius 1 is 1.18 bits per heavy atom. The second-order valence-corrected chi connectivity index (χ2v) is 5.64. The van der Waals surface area contributed by atoms with Crippen molar-refractivity contribution in [1.82, 2.24) is 9.97 Å². The lowest BCUT2D eigenvalue weighted by Crippen LogP contribution is -2.39. The summed E-state index contributed by atoms with van der Waals surface area (Å²) in [4.78, 5) is 8.56. The Labute approximate surface area is 130 Å². The van der Waals surface area contributed by atoms with Crippen LogP contribution in [0.25, 0.3) is 0 Å². The molecule has 1 aromatic carbocycles. The van der Waals surface area contributed by atoms with Gasteiger partial charge in [-0.15, -0.1) is 0 Å². The highest BCUT2D eigenvalue weighted by molar-refractivity contribution is 5.57. The van der Waals surface area contributed by atoms with E-state index in [1.807, 2.05) is 31.2 Å². The fraction of sp³-hybridized carbons (Fsp3) is 0.375. The first-order valence-corrected chi connectivity index (χ1v) is 7.11. The molecule has 3 N–H and O–H groups in total. The molecule has 1 atom stereocenters. The third kappa shape index (κ3) is 4.33. The van der Waals surface area contributed by atoms with Gasteiger partial charge in [-0.1, -0.05) is 0 Å². The van der Waals surface area contributed by atoms with Gasteiger partial charge in [0.05, 0.1) is 18.8 Å². The van der Waals surface area contributed by atoms with E-state index in [4.69, 9.17) is 4.74 Å². The lowest BCUT2D eigenvalue weighted by Gasteiger charge is -2.26. The van der Waals surface area contributed by atoms with E-state index >= 15 is 0 Å². The number of nitrogens with zero attached hydrogens (tertiary/aromatic N) is 2. The minimum Gasteiger partial charge on any atom is -0.497 e. The fourth-order valence-corrected chi connectivity index (χ4v) is 1.69. The summed E-state index contributed by atoms with van der Waals surface area (Å²) < 4.78 is 5.13. The van der Waals surface area contributed by atoms with Gasteiger partial charge in [0.25, 0.3) is 0 Å². The Hall–Kier alpha value is -2.34. The average Bonchev–Trinajstić information content (AvgIpc) is 2.47. The van der Waals surface area contributed by atoms with E-state index in [9.17, 15) is 5.11 Å². The summed E-state index contributed by atoms with van der Waals surface area (Å²) in [6, 6.07) is 9.17. The number of aliphatic hydroxyl groups is 1. The monoisotopic (exact) mass is 302 g/mol. The number of hydrogen-bond acceptors (Lipinski definition) is 6. The minimum atomic E-state index is -0.858. The Bertz CT molecular complexity index is 608. The largest absolute Gasteiger partial charge is 0.497 e. The van der Waals surface area contributed by atoms with E-state index in [0.29, 0.717) is 11.8 Å². The molecule has 0 amide bonds. The van der Waals surface area contributed by atoms with Crippen LogP contribution in [0.15, 0.2) is 36.5 Å². The summed E-state index contributed by atoms with van der Waals surface area (Å²) in [5.74, 6) is 1.94. The van der Waals surface area contributed by atoms with Gasteiger partial charge < -0.3 is 20.5 Å². The second-order valence-electron chi connectivity index (χ2n) is 5.64. The van der Waals surface area contributed by atoms with E-state index in [-0.39, 0.29) is 6.04 Å². The molecule has 1 aromatic heterocycles. The normalized spacial score (nSPS) is 12.6. The zero-order valence-electron chi connectivity index (χ0n) is 13.3. The van der Waals surface area contributed by atoms with Gasteiger partial charge in [0, 0.05) is 11.9 Å². The van der Waals surface area contributed by atoms with Crippen LogP contribution in [0, 0.1) is 0 Å². The van der Waals surface area contributed by atoms with Crippen LogP contribution in [0.1, 0.15) is 20.8 Å². The summed E-state index contributed by atoms with van der Waals surface area (Å²) in [7, 11) is 1.63. The van der Waals surface area contributed by atoms with E-state index in [2.05, 4.69) is 20.6 Å². The summed E-state index contributed by atoms with van der Waals surface area (Å²) >= 11 is 0. The van der Waals surface area contributed by atoms with Crippen molar-refractivity contribution in [1.29, 1.82) is 0 Å². The number of ether oxygens (including phenoxy) is 1. The van der Waals surface area contributed by atoms with Crippen molar-refractivity contribution in [2.24, 2.45) is 0 Å². The molecule has 0 aliphatic heterocycles. The molecule has 22 heavy (non-hydrogen) atoms. The third-order valence-electron chi connectivity index (χ3n) is 3.42. The van der Waals surface area contributed by atoms with E-state index in [0.717, 1.165) is 11.4 Å². The summed E-state index contributed by atoms with van der Waals surface area (Å²) in [6.07, 6.45) is 1.66. The lowest BCUT2D eigenvalue weighted by molar-refractivity contribution is 0.0646. The van der Waals surface area contributed by atoms with Crippen molar-refractivity contribution in [3.05, 3.63) is 36.5 Å². The number of hydrogen-bond donors (Lipinski definition) is 3. The quantitative estimate of drug-likeness (QED) is 0.761. The highest BCUT2D eigenvalue weighted by atomic mass is 16.5. The Morgan fingerprint density at radius 2 is 1.86 bits per heavy atom. The second kappa shape index (κ2) is 6.62. The van der Waals surface area contributed by atoms with Crippen molar-refractivity contribution < 1.29 is 9.84 Å². The molecule has 2 aromatic rings. The highest BCUT2D eigenvalue weighted by Crippen LogP contribution is 2.19. The minimum absolute atomic E-state index is 0.177. The summed E-state index contributed by atoms with van der Waals surface area (Å²) in [5.41, 5.74) is 0.0453. The van der Waals surface area contributed by atoms with Crippen LogP contribution in [-0.4, -0.2) is 33.8 Å². The molecule has 0 bridgehead atoms. The van der Waals surface area contributed by atoms with E-state index in [1.54, 1.807) is 33.2 Å². The molecule has 2 rings (SSSR count). The molecule has 0 saturated heterocycles. The number of methoxy groups -OCH3 is 1. The Balaban J connectivity index is 2.07. The molecule has 0 radical (unpaired) electrons. The zero-order chi connectivity index (χ0) is 16.2. The van der Waals surface area contributed by atoms with Gasteiger partial charge in [-0.25, -0.2) is 4.98 Å². The van der Waals surface area contributed by atoms with Crippen molar-refractivity contribution in [2.75, 3.05) is 17.7 Å². The molecule has 0 unspecified atom stereocenters. The van der Waals surface area contributed by atoms with Gasteiger partial charge in [-0.05, 0) is 51.1 Å². The number of benzene rings is 1. The van der Waals surface area contributed by atoms with Crippen molar-refractivity contribution in [2.45, 2.75) is 32.4 Å². The van der Waals surface area contributed by atoms with Crippen LogP contribution >= 0.6 is 0 Å². The molecular formula is C16H22N4O2. The maximum Gasteiger partial charge on any atom is 0.224 e. The van der Waals surface area contributed by atoms with Gasteiger partial charge in [0.2, 0.25) is 5.95 Å². The molecule has 0 fully saturated rings.